The number of hydrogen-bond donors (Lipinski definition) is 0. The fourth-order valence-corrected chi connectivity index (χ4v) is 5.17. The molecule has 0 bridgehead atoms. The van der Waals surface area contributed by atoms with Gasteiger partial charge in [-0.2, -0.15) is 0 Å². The zero-order valence-corrected chi connectivity index (χ0v) is 9.44. The van der Waals surface area contributed by atoms with E-state index in [0.29, 0.717) is 0 Å². The molecule has 0 unspecified atom stereocenters. The van der Waals surface area contributed by atoms with Crippen molar-refractivity contribution in [3.8, 4) is 0 Å². The minimum atomic E-state index is -2.88. The second-order valence-electron chi connectivity index (χ2n) is 1.59. The monoisotopic (exact) mass is 264 g/mol. The van der Waals surface area contributed by atoms with Crippen molar-refractivity contribution < 1.29 is 3.07 Å². The van der Waals surface area contributed by atoms with Gasteiger partial charge in [0.25, 0.3) is 0 Å². The molecule has 0 aliphatic carbocycles. The predicted octanol–water partition coefficient (Wildman–Crippen LogP) is 2.46. The molecule has 0 radical (unpaired) electrons. The molecular formula is C4H10Cl2OSn. The van der Waals surface area contributed by atoms with Gasteiger partial charge in [-0.05, 0) is 0 Å². The van der Waals surface area contributed by atoms with Crippen molar-refractivity contribution in [1.82, 2.24) is 0 Å². The van der Waals surface area contributed by atoms with Gasteiger partial charge in [-0.1, -0.05) is 0 Å². The molecule has 0 N–H and O–H groups in total. The van der Waals surface area contributed by atoms with E-state index in [0.717, 1.165) is 10.9 Å². The van der Waals surface area contributed by atoms with Crippen LogP contribution in [0.15, 0.2) is 0 Å². The Bertz CT molecular complexity index is 67.1. The summed E-state index contributed by atoms with van der Waals surface area (Å²) >= 11 is -2.88. The third-order valence-corrected chi connectivity index (χ3v) is 10.2. The molecule has 0 spiro atoms. The van der Waals surface area contributed by atoms with E-state index in [1.807, 2.05) is 0 Å². The second kappa shape index (κ2) is 4.20. The molecule has 0 amide bonds. The second-order valence-corrected chi connectivity index (χ2v) is 17.3. The third-order valence-electron chi connectivity index (χ3n) is 0.840. The van der Waals surface area contributed by atoms with Crippen LogP contribution in [0.2, 0.25) is 4.44 Å². The molecule has 0 aliphatic rings. The van der Waals surface area contributed by atoms with Gasteiger partial charge < -0.3 is 0 Å². The molecule has 0 rings (SSSR count). The van der Waals surface area contributed by atoms with E-state index in [2.05, 4.69) is 6.92 Å². The minimum absolute atomic E-state index is 0.883. The van der Waals surface area contributed by atoms with Gasteiger partial charge in [0, 0.05) is 0 Å². The van der Waals surface area contributed by atoms with Crippen LogP contribution < -0.4 is 0 Å². The molecular weight excluding hydrogens is 254 g/mol. The Hall–Kier alpha value is 1.34. The molecule has 4 heteroatoms. The van der Waals surface area contributed by atoms with Gasteiger partial charge in [0.1, 0.15) is 0 Å². The molecule has 0 atom stereocenters. The van der Waals surface area contributed by atoms with Crippen LogP contribution in [0.25, 0.3) is 0 Å². The first-order valence-electron chi connectivity index (χ1n) is 2.55. The van der Waals surface area contributed by atoms with Crippen molar-refractivity contribution in [2.24, 2.45) is 0 Å². The molecule has 50 valence electrons. The van der Waals surface area contributed by atoms with Crippen molar-refractivity contribution in [1.29, 1.82) is 0 Å². The summed E-state index contributed by atoms with van der Waals surface area (Å²) in [5.74, 6) is 0. The van der Waals surface area contributed by atoms with Gasteiger partial charge in [0.2, 0.25) is 0 Å². The molecule has 0 aromatic carbocycles. The van der Waals surface area contributed by atoms with Crippen molar-refractivity contribution in [2.75, 3.05) is 7.11 Å². The summed E-state index contributed by atoms with van der Waals surface area (Å²) in [7, 11) is 13.1. The van der Waals surface area contributed by atoms with Crippen LogP contribution in [-0.4, -0.2) is 23.6 Å². The van der Waals surface area contributed by atoms with E-state index >= 15 is 0 Å². The molecule has 0 saturated carbocycles. The van der Waals surface area contributed by atoms with E-state index in [-0.39, 0.29) is 0 Å². The van der Waals surface area contributed by atoms with Gasteiger partial charge >= 0.3 is 62.3 Å². The Kier molecular flexibility index (Phi) is 4.90. The standard InChI is InChI=1S/C3H7.CH3O.2ClH.Sn/c1-3-2;1-2;;;/h1,3H2,2H3;1H3;2*1H;/q;-1;;;+3/p-2. The van der Waals surface area contributed by atoms with Gasteiger partial charge in [-0.3, -0.25) is 0 Å². The first kappa shape index (κ1) is 9.34. The predicted molar refractivity (Wildman–Crippen MR) is 39.6 cm³/mol. The molecule has 0 aromatic rings. The Morgan fingerprint density at radius 3 is 2.12 bits per heavy atom. The average Bonchev–Trinajstić information content (AvgIpc) is 1.67. The van der Waals surface area contributed by atoms with Crippen LogP contribution >= 0.6 is 17.8 Å². The Labute approximate surface area is 62.2 Å². The summed E-state index contributed by atoms with van der Waals surface area (Å²) in [5.41, 5.74) is 0. The van der Waals surface area contributed by atoms with E-state index in [9.17, 15) is 0 Å². The van der Waals surface area contributed by atoms with Crippen LogP contribution in [0, 0.1) is 0 Å². The summed E-state index contributed by atoms with van der Waals surface area (Å²) in [6, 6.07) is 0. The molecule has 8 heavy (non-hydrogen) atoms. The van der Waals surface area contributed by atoms with Crippen molar-refractivity contribution >= 4 is 34.4 Å². The quantitative estimate of drug-likeness (QED) is 0.711. The van der Waals surface area contributed by atoms with Crippen LogP contribution in [0.5, 0.6) is 0 Å². The summed E-state index contributed by atoms with van der Waals surface area (Å²) in [6.45, 7) is 2.05. The van der Waals surface area contributed by atoms with Crippen molar-refractivity contribution in [3.05, 3.63) is 0 Å². The first-order chi connectivity index (χ1) is 3.62. The Morgan fingerprint density at radius 2 is 2.00 bits per heavy atom. The molecule has 0 saturated heterocycles. The van der Waals surface area contributed by atoms with E-state index in [4.69, 9.17) is 20.9 Å². The van der Waals surface area contributed by atoms with Gasteiger partial charge in [0.05, 0.1) is 0 Å². The van der Waals surface area contributed by atoms with Gasteiger partial charge in [-0.15, -0.1) is 0 Å². The molecule has 0 fully saturated rings. The van der Waals surface area contributed by atoms with Crippen LogP contribution in [0.4, 0.5) is 0 Å². The zero-order valence-electron chi connectivity index (χ0n) is 5.08. The van der Waals surface area contributed by atoms with Crippen molar-refractivity contribution in [2.45, 2.75) is 17.8 Å². The third kappa shape index (κ3) is 4.24. The van der Waals surface area contributed by atoms with Crippen LogP contribution in [0.1, 0.15) is 13.3 Å². The normalized spacial score (nSPS) is 12.0. The van der Waals surface area contributed by atoms with Crippen LogP contribution in [-0.2, 0) is 3.07 Å². The number of halogens is 2. The maximum atomic E-state index is 5.77. The van der Waals surface area contributed by atoms with Crippen molar-refractivity contribution in [3.63, 3.8) is 0 Å². The molecule has 0 aromatic heterocycles. The number of rotatable bonds is 3. The Balaban J connectivity index is 3.37. The zero-order chi connectivity index (χ0) is 6.62. The molecule has 1 nitrogen and oxygen atoms in total. The van der Waals surface area contributed by atoms with Gasteiger partial charge in [-0.25, -0.2) is 0 Å². The summed E-state index contributed by atoms with van der Waals surface area (Å²) in [5, 5.41) is 0. The molecule has 0 aliphatic heterocycles. The van der Waals surface area contributed by atoms with E-state index in [1.54, 1.807) is 7.11 Å². The Morgan fingerprint density at radius 1 is 1.50 bits per heavy atom. The maximum absolute atomic E-state index is 5.77. The fourth-order valence-electron chi connectivity index (χ4n) is 0.393. The fraction of sp³-hybridized carbons (Fsp3) is 1.00. The molecule has 0 heterocycles. The first-order valence-corrected chi connectivity index (χ1v) is 13.0. The summed E-state index contributed by atoms with van der Waals surface area (Å²) in [6.07, 6.45) is 1.02. The summed E-state index contributed by atoms with van der Waals surface area (Å²) < 4.78 is 5.80. The van der Waals surface area contributed by atoms with E-state index < -0.39 is 16.5 Å². The van der Waals surface area contributed by atoms with E-state index in [1.165, 1.54) is 0 Å². The number of hydrogen-bond acceptors (Lipinski definition) is 1. The topological polar surface area (TPSA) is 9.23 Å². The SMILES string of the molecule is CC[CH2][Sn]([Cl])([Cl])[O]C. The van der Waals surface area contributed by atoms with Crippen LogP contribution in [0.3, 0.4) is 0 Å². The average molecular weight is 264 g/mol. The van der Waals surface area contributed by atoms with Gasteiger partial charge in [0.15, 0.2) is 0 Å². The summed E-state index contributed by atoms with van der Waals surface area (Å²) in [4.78, 5) is 0.